The van der Waals surface area contributed by atoms with Crippen molar-refractivity contribution in [3.8, 4) is 5.88 Å². The summed E-state index contributed by atoms with van der Waals surface area (Å²) in [6, 6.07) is 10.0. The van der Waals surface area contributed by atoms with E-state index in [2.05, 4.69) is 9.97 Å². The largest absolute Gasteiger partial charge is 0.479 e. The van der Waals surface area contributed by atoms with E-state index in [9.17, 15) is 4.79 Å². The second kappa shape index (κ2) is 5.64. The van der Waals surface area contributed by atoms with Gasteiger partial charge in [0.05, 0.1) is 12.5 Å². The zero-order valence-corrected chi connectivity index (χ0v) is 12.1. The normalized spacial score (nSPS) is 16.6. The zero-order chi connectivity index (χ0) is 14.7. The lowest BCUT2D eigenvalue weighted by Gasteiger charge is -2.27. The maximum absolute atomic E-state index is 13.2. The van der Waals surface area contributed by atoms with Crippen LogP contribution >= 0.6 is 0 Å². The molecule has 0 bridgehead atoms. The number of aromatic nitrogens is 2. The summed E-state index contributed by atoms with van der Waals surface area (Å²) in [5, 5.41) is 0. The number of rotatable bonds is 4. The standard InChI is InChI=1S/C17H18N2O2/c1-21-16-14(18-11-12-19-16)15(20)17(9-5-6-10-17)13-7-3-2-4-8-13/h2-4,7-8,11-12H,5-6,9-10H2,1H3. The lowest BCUT2D eigenvalue weighted by atomic mass is 9.74. The molecule has 1 aliphatic rings. The molecule has 21 heavy (non-hydrogen) atoms. The van der Waals surface area contributed by atoms with Crippen LogP contribution in [0.1, 0.15) is 41.7 Å². The van der Waals surface area contributed by atoms with Crippen molar-refractivity contribution in [2.45, 2.75) is 31.1 Å². The number of nitrogens with zero attached hydrogens (tertiary/aromatic N) is 2. The van der Waals surface area contributed by atoms with E-state index in [1.165, 1.54) is 7.11 Å². The molecule has 1 aliphatic carbocycles. The average Bonchev–Trinajstić information content (AvgIpc) is 3.06. The molecule has 2 aromatic rings. The molecule has 1 aromatic carbocycles. The predicted octanol–water partition coefficient (Wildman–Crippen LogP) is 3.18. The molecule has 0 N–H and O–H groups in total. The molecular formula is C17H18N2O2. The Kier molecular flexibility index (Phi) is 3.69. The summed E-state index contributed by atoms with van der Waals surface area (Å²) in [6.07, 6.45) is 6.92. The van der Waals surface area contributed by atoms with E-state index in [1.807, 2.05) is 30.3 Å². The van der Waals surface area contributed by atoms with Gasteiger partial charge in [0.15, 0.2) is 11.5 Å². The molecule has 0 spiro atoms. The Bertz CT molecular complexity index is 634. The van der Waals surface area contributed by atoms with Gasteiger partial charge in [-0.05, 0) is 18.4 Å². The van der Waals surface area contributed by atoms with Crippen LogP contribution in [0.15, 0.2) is 42.7 Å². The molecule has 0 saturated heterocycles. The maximum atomic E-state index is 13.2. The van der Waals surface area contributed by atoms with E-state index in [1.54, 1.807) is 12.4 Å². The first-order valence-electron chi connectivity index (χ1n) is 7.23. The fourth-order valence-electron chi connectivity index (χ4n) is 3.24. The van der Waals surface area contributed by atoms with Crippen LogP contribution in [-0.2, 0) is 5.41 Å². The molecule has 4 nitrogen and oxygen atoms in total. The second-order valence-electron chi connectivity index (χ2n) is 5.40. The molecule has 1 saturated carbocycles. The first kappa shape index (κ1) is 13.7. The van der Waals surface area contributed by atoms with Crippen molar-refractivity contribution in [2.75, 3.05) is 7.11 Å². The van der Waals surface area contributed by atoms with Gasteiger partial charge in [-0.25, -0.2) is 9.97 Å². The van der Waals surface area contributed by atoms with E-state index < -0.39 is 5.41 Å². The van der Waals surface area contributed by atoms with Crippen molar-refractivity contribution in [2.24, 2.45) is 0 Å². The fourth-order valence-corrected chi connectivity index (χ4v) is 3.24. The van der Waals surface area contributed by atoms with E-state index >= 15 is 0 Å². The van der Waals surface area contributed by atoms with E-state index in [0.717, 1.165) is 31.2 Å². The number of benzene rings is 1. The molecular weight excluding hydrogens is 264 g/mol. The van der Waals surface area contributed by atoms with Gasteiger partial charge < -0.3 is 4.74 Å². The lowest BCUT2D eigenvalue weighted by molar-refractivity contribution is 0.0876. The van der Waals surface area contributed by atoms with Crippen molar-refractivity contribution < 1.29 is 9.53 Å². The minimum atomic E-state index is -0.482. The topological polar surface area (TPSA) is 52.1 Å². The predicted molar refractivity (Wildman–Crippen MR) is 79.5 cm³/mol. The van der Waals surface area contributed by atoms with Crippen LogP contribution in [0.3, 0.4) is 0 Å². The third-order valence-corrected chi connectivity index (χ3v) is 4.29. The van der Waals surface area contributed by atoms with Crippen molar-refractivity contribution in [1.82, 2.24) is 9.97 Å². The molecule has 4 heteroatoms. The average molecular weight is 282 g/mol. The van der Waals surface area contributed by atoms with Gasteiger partial charge in [-0.2, -0.15) is 0 Å². The molecule has 0 amide bonds. The van der Waals surface area contributed by atoms with Crippen LogP contribution in [0.5, 0.6) is 5.88 Å². The van der Waals surface area contributed by atoms with Crippen molar-refractivity contribution in [3.63, 3.8) is 0 Å². The number of carbonyl (C=O) groups excluding carboxylic acids is 1. The van der Waals surface area contributed by atoms with E-state index in [0.29, 0.717) is 11.6 Å². The van der Waals surface area contributed by atoms with E-state index in [4.69, 9.17) is 4.74 Å². The van der Waals surface area contributed by atoms with Crippen LogP contribution in [0.25, 0.3) is 0 Å². The van der Waals surface area contributed by atoms with Gasteiger partial charge in [-0.3, -0.25) is 4.79 Å². The molecule has 0 aliphatic heterocycles. The highest BCUT2D eigenvalue weighted by atomic mass is 16.5. The summed E-state index contributed by atoms with van der Waals surface area (Å²) in [5.74, 6) is 0.334. The highest BCUT2D eigenvalue weighted by Gasteiger charge is 2.44. The number of ketones is 1. The first-order chi connectivity index (χ1) is 10.3. The Labute approximate surface area is 124 Å². The number of ether oxygens (including phenoxy) is 1. The van der Waals surface area contributed by atoms with Gasteiger partial charge in [-0.1, -0.05) is 43.2 Å². The minimum absolute atomic E-state index is 0.0242. The van der Waals surface area contributed by atoms with Gasteiger partial charge in [0.25, 0.3) is 0 Å². The van der Waals surface area contributed by atoms with Crippen LogP contribution in [0.4, 0.5) is 0 Å². The molecule has 0 radical (unpaired) electrons. The van der Waals surface area contributed by atoms with Crippen LogP contribution in [-0.4, -0.2) is 22.9 Å². The van der Waals surface area contributed by atoms with Crippen molar-refractivity contribution >= 4 is 5.78 Å². The van der Waals surface area contributed by atoms with Gasteiger partial charge in [0, 0.05) is 12.4 Å². The van der Waals surface area contributed by atoms with Crippen molar-refractivity contribution in [3.05, 3.63) is 54.0 Å². The van der Waals surface area contributed by atoms with Crippen LogP contribution in [0.2, 0.25) is 0 Å². The molecule has 1 aromatic heterocycles. The molecule has 0 atom stereocenters. The van der Waals surface area contributed by atoms with Crippen LogP contribution in [0, 0.1) is 0 Å². The van der Waals surface area contributed by atoms with Crippen molar-refractivity contribution in [1.29, 1.82) is 0 Å². The molecule has 1 fully saturated rings. The highest BCUT2D eigenvalue weighted by Crippen LogP contribution is 2.44. The van der Waals surface area contributed by atoms with Gasteiger partial charge >= 0.3 is 0 Å². The molecule has 108 valence electrons. The van der Waals surface area contributed by atoms with Gasteiger partial charge in [-0.15, -0.1) is 0 Å². The molecule has 1 heterocycles. The molecule has 3 rings (SSSR count). The Balaban J connectivity index is 2.08. The summed E-state index contributed by atoms with van der Waals surface area (Å²) in [7, 11) is 1.52. The van der Waals surface area contributed by atoms with Gasteiger partial charge in [0.1, 0.15) is 0 Å². The maximum Gasteiger partial charge on any atom is 0.243 e. The lowest BCUT2D eigenvalue weighted by Crippen LogP contribution is -2.34. The highest BCUT2D eigenvalue weighted by molar-refractivity contribution is 6.04. The number of carbonyl (C=O) groups is 1. The van der Waals surface area contributed by atoms with E-state index in [-0.39, 0.29) is 5.78 Å². The number of hydrogen-bond acceptors (Lipinski definition) is 4. The Morgan fingerprint density at radius 3 is 2.43 bits per heavy atom. The number of methoxy groups -OCH3 is 1. The SMILES string of the molecule is COc1nccnc1C(=O)C1(c2ccccc2)CCCC1. The first-order valence-corrected chi connectivity index (χ1v) is 7.23. The summed E-state index contributed by atoms with van der Waals surface area (Å²) in [5.41, 5.74) is 0.927. The monoisotopic (exact) mass is 282 g/mol. The minimum Gasteiger partial charge on any atom is -0.479 e. The third-order valence-electron chi connectivity index (χ3n) is 4.29. The quantitative estimate of drug-likeness (QED) is 0.808. The Morgan fingerprint density at radius 1 is 1.10 bits per heavy atom. The summed E-state index contributed by atoms with van der Waals surface area (Å²) < 4.78 is 5.21. The Morgan fingerprint density at radius 2 is 1.76 bits per heavy atom. The summed E-state index contributed by atoms with van der Waals surface area (Å²) in [4.78, 5) is 21.5. The summed E-state index contributed by atoms with van der Waals surface area (Å²) in [6.45, 7) is 0. The number of hydrogen-bond donors (Lipinski definition) is 0. The Hall–Kier alpha value is -2.23. The fraction of sp³-hybridized carbons (Fsp3) is 0.353. The summed E-state index contributed by atoms with van der Waals surface area (Å²) >= 11 is 0. The second-order valence-corrected chi connectivity index (χ2v) is 5.40. The zero-order valence-electron chi connectivity index (χ0n) is 12.1. The third kappa shape index (κ3) is 2.31. The number of Topliss-reactive ketones (excluding diaryl/α,β-unsaturated/α-hetero) is 1. The smallest absolute Gasteiger partial charge is 0.243 e. The van der Waals surface area contributed by atoms with Crippen LogP contribution < -0.4 is 4.74 Å². The van der Waals surface area contributed by atoms with Gasteiger partial charge in [0.2, 0.25) is 5.88 Å². The molecule has 0 unspecified atom stereocenters.